The Hall–Kier alpha value is -2.00. The SMILES string of the molecule is CC(=O)C(C(C)=O)S(=O)(=O)Cc1cccc(C#N)c1. The van der Waals surface area contributed by atoms with E-state index in [4.69, 9.17) is 5.26 Å². The van der Waals surface area contributed by atoms with Crippen molar-refractivity contribution < 1.29 is 18.0 Å². The summed E-state index contributed by atoms with van der Waals surface area (Å²) < 4.78 is 24.1. The van der Waals surface area contributed by atoms with Gasteiger partial charge in [-0.25, -0.2) is 8.42 Å². The molecule has 0 N–H and O–H groups in total. The molecule has 0 aliphatic heterocycles. The van der Waals surface area contributed by atoms with E-state index in [-0.39, 0.29) is 0 Å². The molecule has 0 fully saturated rings. The molecule has 1 aromatic carbocycles. The minimum atomic E-state index is -3.91. The van der Waals surface area contributed by atoms with Crippen LogP contribution < -0.4 is 0 Å². The molecule has 0 amide bonds. The molecule has 6 heteroatoms. The Kier molecular flexibility index (Phi) is 4.57. The fourth-order valence-corrected chi connectivity index (χ4v) is 3.66. The molecule has 0 spiro atoms. The van der Waals surface area contributed by atoms with Gasteiger partial charge >= 0.3 is 0 Å². The van der Waals surface area contributed by atoms with Gasteiger partial charge < -0.3 is 0 Å². The molecule has 0 aromatic heterocycles. The summed E-state index contributed by atoms with van der Waals surface area (Å²) in [4.78, 5) is 22.6. The van der Waals surface area contributed by atoms with E-state index in [0.29, 0.717) is 11.1 Å². The summed E-state index contributed by atoms with van der Waals surface area (Å²) in [7, 11) is -3.91. The molecular formula is C13H13NO4S. The first-order chi connectivity index (χ1) is 8.77. The molecule has 100 valence electrons. The summed E-state index contributed by atoms with van der Waals surface area (Å²) in [5, 5.41) is 7.11. The third-order valence-electron chi connectivity index (χ3n) is 2.52. The Morgan fingerprint density at radius 1 is 1.26 bits per heavy atom. The second-order valence-electron chi connectivity index (χ2n) is 4.22. The molecule has 0 aliphatic carbocycles. The van der Waals surface area contributed by atoms with E-state index in [2.05, 4.69) is 0 Å². The van der Waals surface area contributed by atoms with Crippen molar-refractivity contribution in [3.8, 4) is 6.07 Å². The average molecular weight is 279 g/mol. The topological polar surface area (TPSA) is 92.1 Å². The normalized spacial score (nSPS) is 11.1. The van der Waals surface area contributed by atoms with E-state index in [1.165, 1.54) is 12.1 Å². The second-order valence-corrected chi connectivity index (χ2v) is 6.31. The zero-order chi connectivity index (χ0) is 14.6. The molecular weight excluding hydrogens is 266 g/mol. The molecule has 0 saturated heterocycles. The maximum absolute atomic E-state index is 12.1. The first kappa shape index (κ1) is 15.1. The van der Waals surface area contributed by atoms with Gasteiger partial charge in [0, 0.05) is 0 Å². The van der Waals surface area contributed by atoms with Crippen molar-refractivity contribution in [3.63, 3.8) is 0 Å². The summed E-state index contributed by atoms with van der Waals surface area (Å²) in [6.45, 7) is 2.16. The maximum atomic E-state index is 12.1. The second kappa shape index (κ2) is 5.76. The zero-order valence-corrected chi connectivity index (χ0v) is 11.4. The summed E-state index contributed by atoms with van der Waals surface area (Å²) >= 11 is 0. The zero-order valence-electron chi connectivity index (χ0n) is 10.6. The number of Topliss-reactive ketones (excluding diaryl/α,β-unsaturated/α-hetero) is 2. The lowest BCUT2D eigenvalue weighted by molar-refractivity contribution is -0.124. The van der Waals surface area contributed by atoms with Gasteiger partial charge in [0.25, 0.3) is 0 Å². The van der Waals surface area contributed by atoms with E-state index >= 15 is 0 Å². The van der Waals surface area contributed by atoms with Crippen LogP contribution in [0.3, 0.4) is 0 Å². The van der Waals surface area contributed by atoms with Crippen molar-refractivity contribution in [1.29, 1.82) is 5.26 Å². The number of hydrogen-bond donors (Lipinski definition) is 0. The molecule has 0 bridgehead atoms. The number of sulfone groups is 1. The number of hydrogen-bond acceptors (Lipinski definition) is 5. The van der Waals surface area contributed by atoms with Gasteiger partial charge in [0.15, 0.2) is 26.7 Å². The lowest BCUT2D eigenvalue weighted by atomic mass is 10.2. The molecule has 0 radical (unpaired) electrons. The van der Waals surface area contributed by atoms with E-state index in [9.17, 15) is 18.0 Å². The largest absolute Gasteiger partial charge is 0.298 e. The van der Waals surface area contributed by atoms with Crippen LogP contribution >= 0.6 is 0 Å². The van der Waals surface area contributed by atoms with E-state index in [1.807, 2.05) is 6.07 Å². The van der Waals surface area contributed by atoms with Gasteiger partial charge in [0.05, 0.1) is 17.4 Å². The number of ketones is 2. The van der Waals surface area contributed by atoms with Gasteiger partial charge in [0.2, 0.25) is 0 Å². The van der Waals surface area contributed by atoms with Gasteiger partial charge in [0.1, 0.15) is 0 Å². The lowest BCUT2D eigenvalue weighted by Crippen LogP contribution is -2.35. The van der Waals surface area contributed by atoms with Gasteiger partial charge in [-0.05, 0) is 31.5 Å². The first-order valence-electron chi connectivity index (χ1n) is 5.49. The number of nitriles is 1. The van der Waals surface area contributed by atoms with Gasteiger partial charge in [-0.15, -0.1) is 0 Å². The van der Waals surface area contributed by atoms with Crippen LogP contribution in [-0.2, 0) is 25.2 Å². The summed E-state index contributed by atoms with van der Waals surface area (Å²) in [6, 6.07) is 7.96. The molecule has 0 heterocycles. The molecule has 1 rings (SSSR count). The number of rotatable bonds is 5. The third-order valence-corrected chi connectivity index (χ3v) is 4.64. The van der Waals surface area contributed by atoms with Gasteiger partial charge in [-0.1, -0.05) is 12.1 Å². The Morgan fingerprint density at radius 3 is 2.32 bits per heavy atom. The Morgan fingerprint density at radius 2 is 1.84 bits per heavy atom. The van der Waals surface area contributed by atoms with Gasteiger partial charge in [-0.2, -0.15) is 5.26 Å². The van der Waals surface area contributed by atoms with Crippen LogP contribution in [-0.4, -0.2) is 25.2 Å². The van der Waals surface area contributed by atoms with Crippen molar-refractivity contribution in [1.82, 2.24) is 0 Å². The molecule has 0 saturated carbocycles. The van der Waals surface area contributed by atoms with Crippen molar-refractivity contribution >= 4 is 21.4 Å². The average Bonchev–Trinajstić information content (AvgIpc) is 2.26. The van der Waals surface area contributed by atoms with Gasteiger partial charge in [-0.3, -0.25) is 9.59 Å². The smallest absolute Gasteiger partial charge is 0.177 e. The quantitative estimate of drug-likeness (QED) is 0.750. The van der Waals surface area contributed by atoms with E-state index < -0.39 is 32.4 Å². The van der Waals surface area contributed by atoms with Crippen LogP contribution in [0.1, 0.15) is 25.0 Å². The molecule has 19 heavy (non-hydrogen) atoms. The maximum Gasteiger partial charge on any atom is 0.177 e. The monoisotopic (exact) mass is 279 g/mol. The third kappa shape index (κ3) is 3.73. The predicted octanol–water partition coefficient (Wildman–Crippen LogP) is 1.02. The fourth-order valence-electron chi connectivity index (χ4n) is 1.84. The lowest BCUT2D eigenvalue weighted by Gasteiger charge is -2.11. The van der Waals surface area contributed by atoms with Crippen molar-refractivity contribution in [3.05, 3.63) is 35.4 Å². The van der Waals surface area contributed by atoms with E-state index in [1.54, 1.807) is 12.1 Å². The molecule has 0 atom stereocenters. The van der Waals surface area contributed by atoms with Crippen LogP contribution in [0.25, 0.3) is 0 Å². The highest BCUT2D eigenvalue weighted by Crippen LogP contribution is 2.14. The summed E-state index contributed by atoms with van der Waals surface area (Å²) in [5.41, 5.74) is 0.710. The summed E-state index contributed by atoms with van der Waals surface area (Å²) in [6.07, 6.45) is 0. The Labute approximate surface area is 111 Å². The molecule has 5 nitrogen and oxygen atoms in total. The first-order valence-corrected chi connectivity index (χ1v) is 7.21. The van der Waals surface area contributed by atoms with Crippen LogP contribution in [0.4, 0.5) is 0 Å². The highest BCUT2D eigenvalue weighted by molar-refractivity contribution is 7.92. The number of carbonyl (C=O) groups excluding carboxylic acids is 2. The molecule has 0 unspecified atom stereocenters. The predicted molar refractivity (Wildman–Crippen MR) is 68.9 cm³/mol. The van der Waals surface area contributed by atoms with Crippen LogP contribution in [0, 0.1) is 11.3 Å². The van der Waals surface area contributed by atoms with Crippen molar-refractivity contribution in [2.45, 2.75) is 24.9 Å². The van der Waals surface area contributed by atoms with Crippen molar-refractivity contribution in [2.75, 3.05) is 0 Å². The van der Waals surface area contributed by atoms with Crippen LogP contribution in [0.5, 0.6) is 0 Å². The Balaban J connectivity index is 3.12. The van der Waals surface area contributed by atoms with Crippen molar-refractivity contribution in [2.24, 2.45) is 0 Å². The highest BCUT2D eigenvalue weighted by atomic mass is 32.2. The summed E-state index contributed by atoms with van der Waals surface area (Å²) in [5.74, 6) is -1.82. The fraction of sp³-hybridized carbons (Fsp3) is 0.308. The van der Waals surface area contributed by atoms with E-state index in [0.717, 1.165) is 13.8 Å². The number of nitrogens with zero attached hydrogens (tertiary/aromatic N) is 1. The number of benzene rings is 1. The van der Waals surface area contributed by atoms with Crippen LogP contribution in [0.15, 0.2) is 24.3 Å². The Bertz CT molecular complexity index is 641. The minimum absolute atomic E-state index is 0.329. The number of carbonyl (C=O) groups is 2. The standard InChI is InChI=1S/C13H13NO4S/c1-9(15)13(10(2)16)19(17,18)8-12-5-3-4-11(6-12)7-14/h3-6,13H,8H2,1-2H3. The minimum Gasteiger partial charge on any atom is -0.298 e. The van der Waals surface area contributed by atoms with Crippen LogP contribution in [0.2, 0.25) is 0 Å². The molecule has 0 aliphatic rings. The highest BCUT2D eigenvalue weighted by Gasteiger charge is 2.33. The molecule has 1 aromatic rings.